The lowest BCUT2D eigenvalue weighted by atomic mass is 10.2. The molecule has 0 spiro atoms. The van der Waals surface area contributed by atoms with Gasteiger partial charge in [-0.15, -0.1) is 0 Å². The van der Waals surface area contributed by atoms with Gasteiger partial charge >= 0.3 is 5.69 Å². The van der Waals surface area contributed by atoms with Crippen LogP contribution in [0.15, 0.2) is 15.8 Å². The van der Waals surface area contributed by atoms with Crippen molar-refractivity contribution in [1.82, 2.24) is 9.55 Å². The van der Waals surface area contributed by atoms with E-state index in [1.165, 1.54) is 4.57 Å². The molecule has 6 nitrogen and oxygen atoms in total. The average Bonchev–Trinajstić information content (AvgIpc) is 2.81. The summed E-state index contributed by atoms with van der Waals surface area (Å²) < 4.78 is 6.88. The third-order valence-corrected chi connectivity index (χ3v) is 3.07. The largest absolute Gasteiger partial charge is 0.388 e. The van der Waals surface area contributed by atoms with Crippen LogP contribution in [0, 0.1) is 6.61 Å². The fourth-order valence-corrected chi connectivity index (χ4v) is 2.15. The summed E-state index contributed by atoms with van der Waals surface area (Å²) in [6.07, 6.45) is 3.56. The first kappa shape index (κ1) is 13.0. The Hall–Kier alpha value is -1.40. The Bertz CT molecular complexity index is 520. The van der Waals surface area contributed by atoms with Gasteiger partial charge in [0.05, 0.1) is 6.10 Å². The van der Waals surface area contributed by atoms with Crippen LogP contribution in [-0.2, 0) is 11.2 Å². The molecule has 1 radical (unpaired) electrons. The number of ether oxygens (including phenoxy) is 1. The Labute approximate surface area is 104 Å². The molecule has 1 fully saturated rings. The number of aromatic amines is 1. The van der Waals surface area contributed by atoms with E-state index in [0.717, 1.165) is 13.0 Å². The van der Waals surface area contributed by atoms with Gasteiger partial charge in [-0.05, 0) is 19.3 Å². The first-order valence-corrected chi connectivity index (χ1v) is 6.13. The number of aryl methyl sites for hydroxylation is 1. The van der Waals surface area contributed by atoms with Crippen molar-refractivity contribution in [2.24, 2.45) is 0 Å². The maximum absolute atomic E-state index is 11.7. The number of aliphatic hydroxyl groups excluding tert-OH is 1. The molecule has 1 aliphatic rings. The summed E-state index contributed by atoms with van der Waals surface area (Å²) in [6.45, 7) is 2.96. The lowest BCUT2D eigenvalue weighted by molar-refractivity contribution is -0.00439. The molecule has 2 N–H and O–H groups in total. The zero-order valence-corrected chi connectivity index (χ0v) is 10.3. The van der Waals surface area contributed by atoms with Gasteiger partial charge in [-0.2, -0.15) is 0 Å². The Morgan fingerprint density at radius 3 is 2.94 bits per heavy atom. The van der Waals surface area contributed by atoms with Gasteiger partial charge in [-0.1, -0.05) is 13.3 Å². The van der Waals surface area contributed by atoms with E-state index < -0.39 is 11.9 Å². The van der Waals surface area contributed by atoms with Crippen molar-refractivity contribution >= 4 is 0 Å². The lowest BCUT2D eigenvalue weighted by Gasteiger charge is -2.15. The number of hydrogen-bond acceptors (Lipinski definition) is 4. The summed E-state index contributed by atoms with van der Waals surface area (Å²) in [5.74, 6) is 0. The van der Waals surface area contributed by atoms with Gasteiger partial charge in [-0.3, -0.25) is 14.3 Å². The maximum atomic E-state index is 11.7. The number of nitrogens with zero attached hydrogens (tertiary/aromatic N) is 1. The quantitative estimate of drug-likeness (QED) is 0.827. The Morgan fingerprint density at radius 2 is 2.33 bits per heavy atom. The molecule has 1 saturated heterocycles. The third-order valence-electron chi connectivity index (χ3n) is 3.07. The van der Waals surface area contributed by atoms with Gasteiger partial charge in [0.25, 0.3) is 5.56 Å². The highest BCUT2D eigenvalue weighted by Gasteiger charge is 2.27. The summed E-state index contributed by atoms with van der Waals surface area (Å²) in [5.41, 5.74) is -0.220. The van der Waals surface area contributed by atoms with Crippen LogP contribution in [0.2, 0.25) is 0 Å². The van der Waals surface area contributed by atoms with E-state index in [-0.39, 0.29) is 11.7 Å². The molecule has 0 amide bonds. The number of aliphatic hydroxyl groups is 1. The van der Waals surface area contributed by atoms with E-state index in [2.05, 4.69) is 4.98 Å². The molecule has 2 heterocycles. The smallest absolute Gasteiger partial charge is 0.330 e. The number of nitrogens with one attached hydrogen (secondary N) is 1. The van der Waals surface area contributed by atoms with E-state index in [4.69, 9.17) is 9.84 Å². The molecule has 1 aromatic heterocycles. The van der Waals surface area contributed by atoms with Gasteiger partial charge in [0, 0.05) is 11.8 Å². The van der Waals surface area contributed by atoms with Crippen molar-refractivity contribution < 1.29 is 9.84 Å². The minimum atomic E-state index is -0.469. The van der Waals surface area contributed by atoms with Gasteiger partial charge < -0.3 is 9.84 Å². The second-order valence-electron chi connectivity index (χ2n) is 4.43. The summed E-state index contributed by atoms with van der Waals surface area (Å²) >= 11 is 0. The fourth-order valence-electron chi connectivity index (χ4n) is 2.15. The topological polar surface area (TPSA) is 84.3 Å². The molecule has 0 aromatic carbocycles. The predicted molar refractivity (Wildman–Crippen MR) is 64.7 cm³/mol. The monoisotopic (exact) mass is 253 g/mol. The highest BCUT2D eigenvalue weighted by atomic mass is 16.5. The van der Waals surface area contributed by atoms with Crippen molar-refractivity contribution in [2.45, 2.75) is 44.9 Å². The third kappa shape index (κ3) is 2.54. The molecule has 99 valence electrons. The van der Waals surface area contributed by atoms with Crippen LogP contribution in [0.5, 0.6) is 0 Å². The number of hydrogen-bond donors (Lipinski definition) is 2. The summed E-state index contributed by atoms with van der Waals surface area (Å²) in [4.78, 5) is 25.6. The summed E-state index contributed by atoms with van der Waals surface area (Å²) in [7, 11) is 0. The second-order valence-corrected chi connectivity index (χ2v) is 4.43. The van der Waals surface area contributed by atoms with Crippen LogP contribution in [0.4, 0.5) is 0 Å². The van der Waals surface area contributed by atoms with Crippen molar-refractivity contribution in [2.75, 3.05) is 0 Å². The molecule has 2 atom stereocenters. The molecular formula is C12H17N2O4. The molecular weight excluding hydrogens is 236 g/mol. The van der Waals surface area contributed by atoms with Crippen molar-refractivity contribution in [1.29, 1.82) is 0 Å². The number of aromatic nitrogens is 2. The molecule has 18 heavy (non-hydrogen) atoms. The standard InChI is InChI=1S/C12H17N2O4/c1-2-3-8-6-14(12(17)13-11(8)16)10-5-4-9(7-15)18-10/h6-7,9-10,15H,2-5H2,1H3,(H,13,16,17)/t9-,10+/m0/s1. The second kappa shape index (κ2) is 5.49. The van der Waals surface area contributed by atoms with Gasteiger partial charge in [-0.25, -0.2) is 4.79 Å². The lowest BCUT2D eigenvalue weighted by Crippen LogP contribution is -2.34. The van der Waals surface area contributed by atoms with Crippen molar-refractivity contribution in [3.63, 3.8) is 0 Å². The first-order chi connectivity index (χ1) is 8.65. The molecule has 2 rings (SSSR count). The van der Waals surface area contributed by atoms with Crippen LogP contribution in [0.3, 0.4) is 0 Å². The predicted octanol–water partition coefficient (Wildman–Crippen LogP) is 0.701. The Morgan fingerprint density at radius 1 is 1.56 bits per heavy atom. The minimum absolute atomic E-state index is 0.332. The summed E-state index contributed by atoms with van der Waals surface area (Å²) in [6, 6.07) is 0. The van der Waals surface area contributed by atoms with Crippen LogP contribution >= 0.6 is 0 Å². The van der Waals surface area contributed by atoms with Crippen molar-refractivity contribution in [3.05, 3.63) is 39.2 Å². The Balaban J connectivity index is 2.30. The van der Waals surface area contributed by atoms with E-state index in [0.29, 0.717) is 24.8 Å². The molecule has 0 bridgehead atoms. The zero-order valence-electron chi connectivity index (χ0n) is 10.3. The van der Waals surface area contributed by atoms with E-state index in [9.17, 15) is 9.59 Å². The van der Waals surface area contributed by atoms with Gasteiger partial charge in [0.15, 0.2) is 0 Å². The minimum Gasteiger partial charge on any atom is -0.388 e. The van der Waals surface area contributed by atoms with Crippen molar-refractivity contribution in [3.8, 4) is 0 Å². The highest BCUT2D eigenvalue weighted by molar-refractivity contribution is 5.05. The highest BCUT2D eigenvalue weighted by Crippen LogP contribution is 2.27. The number of rotatable bonds is 4. The van der Waals surface area contributed by atoms with E-state index in [1.807, 2.05) is 6.92 Å². The van der Waals surface area contributed by atoms with Crippen LogP contribution < -0.4 is 11.2 Å². The molecule has 0 aliphatic carbocycles. The van der Waals surface area contributed by atoms with E-state index in [1.54, 1.807) is 6.20 Å². The molecule has 1 aromatic rings. The average molecular weight is 253 g/mol. The van der Waals surface area contributed by atoms with Crippen LogP contribution in [-0.4, -0.2) is 20.8 Å². The van der Waals surface area contributed by atoms with Crippen LogP contribution in [0.25, 0.3) is 0 Å². The molecule has 6 heteroatoms. The summed E-state index contributed by atoms with van der Waals surface area (Å²) in [5, 5.41) is 8.89. The molecule has 1 aliphatic heterocycles. The fraction of sp³-hybridized carbons (Fsp3) is 0.583. The van der Waals surface area contributed by atoms with Gasteiger partial charge in [0.2, 0.25) is 0 Å². The normalized spacial score (nSPS) is 23.4. The Kier molecular flexibility index (Phi) is 3.98. The SMILES string of the molecule is CCCc1cn([C@H]2CC[C@@H]([CH]O)O2)c(=O)[nH]c1=O. The van der Waals surface area contributed by atoms with Crippen LogP contribution in [0.1, 0.15) is 38.0 Å². The van der Waals surface area contributed by atoms with Gasteiger partial charge in [0.1, 0.15) is 12.8 Å². The molecule has 0 saturated carbocycles. The molecule has 0 unspecified atom stereocenters. The maximum Gasteiger partial charge on any atom is 0.330 e. The first-order valence-electron chi connectivity index (χ1n) is 6.13. The number of H-pyrrole nitrogens is 1. The van der Waals surface area contributed by atoms with E-state index >= 15 is 0 Å². The zero-order chi connectivity index (χ0) is 13.1.